The number of benzene rings is 1. The Morgan fingerprint density at radius 1 is 1.45 bits per heavy atom. The van der Waals surface area contributed by atoms with E-state index in [1.807, 2.05) is 13.8 Å². The molecule has 20 heavy (non-hydrogen) atoms. The molecule has 1 rings (SSSR count). The van der Waals surface area contributed by atoms with Gasteiger partial charge in [0.1, 0.15) is 11.6 Å². The van der Waals surface area contributed by atoms with E-state index >= 15 is 0 Å². The van der Waals surface area contributed by atoms with Crippen molar-refractivity contribution in [2.24, 2.45) is 5.73 Å². The van der Waals surface area contributed by atoms with Gasteiger partial charge < -0.3 is 11.1 Å². The van der Waals surface area contributed by atoms with Crippen molar-refractivity contribution in [2.75, 3.05) is 5.75 Å². The van der Waals surface area contributed by atoms with Crippen LogP contribution in [0.5, 0.6) is 0 Å². The summed E-state index contributed by atoms with van der Waals surface area (Å²) in [7, 11) is 0. The molecule has 0 aliphatic heterocycles. The van der Waals surface area contributed by atoms with Crippen molar-refractivity contribution in [2.45, 2.75) is 43.7 Å². The molecule has 0 aliphatic carbocycles. The first kappa shape index (κ1) is 16.9. The number of hydrogen-bond acceptors (Lipinski definition) is 3. The van der Waals surface area contributed by atoms with E-state index in [0.29, 0.717) is 17.1 Å². The van der Waals surface area contributed by atoms with Crippen molar-refractivity contribution >= 4 is 17.7 Å². The normalized spacial score (nSPS) is 14.3. The van der Waals surface area contributed by atoms with Crippen molar-refractivity contribution in [1.29, 1.82) is 0 Å². The predicted octanol–water partition coefficient (Wildman–Crippen LogP) is 2.69. The molecule has 3 nitrogen and oxygen atoms in total. The number of carbonyl (C=O) groups excluding carboxylic acids is 1. The van der Waals surface area contributed by atoms with Crippen LogP contribution in [-0.2, 0) is 4.79 Å². The smallest absolute Gasteiger partial charge is 0.237 e. The summed E-state index contributed by atoms with van der Waals surface area (Å²) in [5.74, 6) is -1.13. The number of nitrogens with two attached hydrogens (primary N) is 1. The van der Waals surface area contributed by atoms with Crippen LogP contribution >= 0.6 is 11.8 Å². The van der Waals surface area contributed by atoms with Crippen molar-refractivity contribution in [3.05, 3.63) is 29.8 Å². The maximum Gasteiger partial charge on any atom is 0.237 e. The molecule has 6 heteroatoms. The fourth-order valence-electron chi connectivity index (χ4n) is 1.86. The molecular weight excluding hydrogens is 282 g/mol. The van der Waals surface area contributed by atoms with Crippen LogP contribution in [0, 0.1) is 11.6 Å². The average Bonchev–Trinajstić information content (AvgIpc) is 2.30. The molecule has 0 saturated heterocycles. The van der Waals surface area contributed by atoms with Crippen molar-refractivity contribution in [3.63, 3.8) is 0 Å². The Balaban J connectivity index is 2.63. The Labute approximate surface area is 122 Å². The second kappa shape index (κ2) is 7.04. The summed E-state index contributed by atoms with van der Waals surface area (Å²) in [5, 5.41) is 3.12. The van der Waals surface area contributed by atoms with E-state index in [9.17, 15) is 13.6 Å². The molecule has 1 amide bonds. The molecule has 1 aromatic rings. The molecular formula is C14H20F2N2OS. The maximum absolute atomic E-state index is 13.5. The molecule has 0 aromatic heterocycles. The van der Waals surface area contributed by atoms with Crippen LogP contribution in [-0.4, -0.2) is 23.2 Å². The number of hydrogen-bond donors (Lipinski definition) is 2. The quantitative estimate of drug-likeness (QED) is 0.761. The highest BCUT2D eigenvalue weighted by Gasteiger charge is 2.30. The predicted molar refractivity (Wildman–Crippen MR) is 77.6 cm³/mol. The van der Waals surface area contributed by atoms with Crippen LogP contribution in [0.2, 0.25) is 0 Å². The van der Waals surface area contributed by atoms with Gasteiger partial charge in [-0.2, -0.15) is 0 Å². The highest BCUT2D eigenvalue weighted by Crippen LogP contribution is 2.25. The lowest BCUT2D eigenvalue weighted by molar-refractivity contribution is -0.124. The summed E-state index contributed by atoms with van der Waals surface area (Å²) in [6, 6.07) is 3.57. The Hall–Kier alpha value is -1.14. The van der Waals surface area contributed by atoms with Crippen LogP contribution in [0.4, 0.5) is 8.78 Å². The first-order valence-electron chi connectivity index (χ1n) is 6.40. The number of thioether (sulfide) groups is 1. The van der Waals surface area contributed by atoms with Crippen LogP contribution in [0.1, 0.15) is 27.2 Å². The van der Waals surface area contributed by atoms with Crippen LogP contribution < -0.4 is 11.1 Å². The van der Waals surface area contributed by atoms with Crippen LogP contribution in [0.15, 0.2) is 23.1 Å². The fourth-order valence-corrected chi connectivity index (χ4v) is 2.95. The minimum atomic E-state index is -0.836. The maximum atomic E-state index is 13.5. The lowest BCUT2D eigenvalue weighted by Crippen LogP contribution is -2.55. The van der Waals surface area contributed by atoms with E-state index in [-0.39, 0.29) is 6.04 Å². The Morgan fingerprint density at radius 3 is 2.60 bits per heavy atom. The molecule has 0 fully saturated rings. The van der Waals surface area contributed by atoms with Gasteiger partial charge in [-0.1, -0.05) is 0 Å². The molecule has 1 aromatic carbocycles. The topological polar surface area (TPSA) is 55.1 Å². The van der Waals surface area contributed by atoms with Gasteiger partial charge >= 0.3 is 0 Å². The summed E-state index contributed by atoms with van der Waals surface area (Å²) < 4.78 is 26.3. The molecule has 3 N–H and O–H groups in total. The Morgan fingerprint density at radius 2 is 2.10 bits per heavy atom. The Bertz CT molecular complexity index is 482. The molecule has 112 valence electrons. The number of rotatable bonds is 7. The zero-order chi connectivity index (χ0) is 15.3. The highest BCUT2D eigenvalue weighted by atomic mass is 32.2. The van der Waals surface area contributed by atoms with Gasteiger partial charge in [-0.25, -0.2) is 8.78 Å². The summed E-state index contributed by atoms with van der Waals surface area (Å²) in [4.78, 5) is 11.9. The van der Waals surface area contributed by atoms with Crippen molar-refractivity contribution in [1.82, 2.24) is 5.32 Å². The second-order valence-corrected chi connectivity index (χ2v) is 6.31. The second-order valence-electron chi connectivity index (χ2n) is 5.17. The van der Waals surface area contributed by atoms with Gasteiger partial charge in [0.15, 0.2) is 0 Å². The zero-order valence-corrected chi connectivity index (χ0v) is 12.7. The molecule has 0 radical (unpaired) electrons. The third kappa shape index (κ3) is 4.76. The van der Waals surface area contributed by atoms with Crippen molar-refractivity contribution < 1.29 is 13.6 Å². The summed E-state index contributed by atoms with van der Waals surface area (Å²) in [6.45, 7) is 5.58. The van der Waals surface area contributed by atoms with E-state index in [1.165, 1.54) is 23.9 Å². The van der Waals surface area contributed by atoms with Gasteiger partial charge in [0.05, 0.1) is 5.54 Å². The lowest BCUT2D eigenvalue weighted by Gasteiger charge is -2.29. The number of carbonyl (C=O) groups is 1. The SMILES string of the molecule is CC(C)NC(C)(CCSc1ccc(F)cc1F)C(N)=O. The van der Waals surface area contributed by atoms with Crippen molar-refractivity contribution in [3.8, 4) is 0 Å². The number of primary amides is 1. The van der Waals surface area contributed by atoms with E-state index in [1.54, 1.807) is 6.92 Å². The fraction of sp³-hybridized carbons (Fsp3) is 0.500. The highest BCUT2D eigenvalue weighted by molar-refractivity contribution is 7.99. The van der Waals surface area contributed by atoms with Gasteiger partial charge in [0.25, 0.3) is 0 Å². The molecule has 1 unspecified atom stereocenters. The van der Waals surface area contributed by atoms with Crippen LogP contribution in [0.3, 0.4) is 0 Å². The van der Waals surface area contributed by atoms with Gasteiger partial charge in [-0.15, -0.1) is 11.8 Å². The summed E-state index contributed by atoms with van der Waals surface area (Å²) in [6.07, 6.45) is 0.460. The van der Waals surface area contributed by atoms with Gasteiger partial charge in [0.2, 0.25) is 5.91 Å². The van der Waals surface area contributed by atoms with E-state index < -0.39 is 23.1 Å². The molecule has 0 heterocycles. The monoisotopic (exact) mass is 302 g/mol. The van der Waals surface area contributed by atoms with Gasteiger partial charge in [-0.3, -0.25) is 4.79 Å². The number of halogens is 2. The van der Waals surface area contributed by atoms with Crippen LogP contribution in [0.25, 0.3) is 0 Å². The lowest BCUT2D eigenvalue weighted by atomic mass is 9.97. The minimum Gasteiger partial charge on any atom is -0.368 e. The number of amides is 1. The van der Waals surface area contributed by atoms with E-state index in [2.05, 4.69) is 5.32 Å². The molecule has 0 bridgehead atoms. The molecule has 0 aliphatic rings. The largest absolute Gasteiger partial charge is 0.368 e. The summed E-state index contributed by atoms with van der Waals surface area (Å²) >= 11 is 1.24. The third-order valence-electron chi connectivity index (χ3n) is 2.90. The third-order valence-corrected chi connectivity index (χ3v) is 3.95. The van der Waals surface area contributed by atoms with E-state index in [0.717, 1.165) is 6.07 Å². The number of nitrogens with one attached hydrogen (secondary N) is 1. The molecule has 0 saturated carbocycles. The van der Waals surface area contributed by atoms with Gasteiger partial charge in [-0.05, 0) is 39.3 Å². The summed E-state index contributed by atoms with van der Waals surface area (Å²) in [5.41, 5.74) is 4.58. The molecule has 1 atom stereocenters. The first-order chi connectivity index (χ1) is 9.24. The minimum absolute atomic E-state index is 0.111. The average molecular weight is 302 g/mol. The zero-order valence-electron chi connectivity index (χ0n) is 11.9. The Kier molecular flexibility index (Phi) is 5.95. The molecule has 0 spiro atoms. The first-order valence-corrected chi connectivity index (χ1v) is 7.38. The van der Waals surface area contributed by atoms with E-state index in [4.69, 9.17) is 5.73 Å². The van der Waals surface area contributed by atoms with Gasteiger partial charge in [0, 0.05) is 22.8 Å². The standard InChI is InChI=1S/C14H20F2N2OS/c1-9(2)18-14(3,13(17)19)6-7-20-12-5-4-10(15)8-11(12)16/h4-5,8-9,18H,6-7H2,1-3H3,(H2,17,19).